The zero-order valence-electron chi connectivity index (χ0n) is 20.2. The molecule has 202 valence electrons. The molecule has 14 nitrogen and oxygen atoms in total. The largest absolute Gasteiger partial charge is 0.387 e. The van der Waals surface area contributed by atoms with Gasteiger partial charge < -0.3 is 34.6 Å². The van der Waals surface area contributed by atoms with Crippen LogP contribution in [0.5, 0.6) is 0 Å². The second-order valence-corrected chi connectivity index (χ2v) is 10.1. The van der Waals surface area contributed by atoms with E-state index in [2.05, 4.69) is 10.6 Å². The second kappa shape index (κ2) is 12.4. The van der Waals surface area contributed by atoms with Crippen molar-refractivity contribution in [2.45, 2.75) is 44.5 Å². The molecule has 2 heterocycles. The minimum Gasteiger partial charge on any atom is -0.387 e. The van der Waals surface area contributed by atoms with Gasteiger partial charge in [-0.2, -0.15) is 0 Å². The van der Waals surface area contributed by atoms with E-state index in [1.54, 1.807) is 38.1 Å². The first-order valence-corrected chi connectivity index (χ1v) is 13.2. The first kappa shape index (κ1) is 28.4. The molecule has 1 fully saturated rings. The van der Waals surface area contributed by atoms with Crippen LogP contribution in [-0.4, -0.2) is 69.6 Å². The zero-order valence-corrected chi connectivity index (χ0v) is 21.1. The summed E-state index contributed by atoms with van der Waals surface area (Å²) >= 11 is 0. The second-order valence-electron chi connectivity index (χ2n) is 8.01. The number of hydrogen-bond acceptors (Lipinski definition) is 10. The Hall–Kier alpha value is -3.13. The van der Waals surface area contributed by atoms with Gasteiger partial charge in [0.25, 0.3) is 11.5 Å². The number of hydrogen-bond donors (Lipinski definition) is 5. The van der Waals surface area contributed by atoms with Gasteiger partial charge in [0.05, 0.1) is 25.9 Å². The van der Waals surface area contributed by atoms with E-state index >= 15 is 0 Å². The van der Waals surface area contributed by atoms with Crippen molar-refractivity contribution in [3.05, 3.63) is 62.9 Å². The number of amides is 2. The van der Waals surface area contributed by atoms with Gasteiger partial charge in [-0.1, -0.05) is 12.1 Å². The summed E-state index contributed by atoms with van der Waals surface area (Å²) in [6.07, 6.45) is -5.20. The average Bonchev–Trinajstić information content (AvgIpc) is 3.13. The summed E-state index contributed by atoms with van der Waals surface area (Å²) < 4.78 is 29.4. The summed E-state index contributed by atoms with van der Waals surface area (Å²) in [5.74, 6) is -1.48. The lowest BCUT2D eigenvalue weighted by Gasteiger charge is -2.17. The Labute approximate surface area is 211 Å². The lowest BCUT2D eigenvalue weighted by atomic mass is 10.1. The summed E-state index contributed by atoms with van der Waals surface area (Å²) in [4.78, 5) is 49.9. The Morgan fingerprint density at radius 2 is 1.73 bits per heavy atom. The number of aliphatic hydroxyl groups is 2. The maximum atomic E-state index is 12.6. The first-order valence-electron chi connectivity index (χ1n) is 11.4. The molecule has 0 spiro atoms. The number of aliphatic hydroxyl groups excluding tert-OH is 2. The Morgan fingerprint density at radius 3 is 2.32 bits per heavy atom. The van der Waals surface area contributed by atoms with E-state index in [1.165, 1.54) is 0 Å². The molecule has 3 rings (SSSR count). The van der Waals surface area contributed by atoms with Gasteiger partial charge in [0.2, 0.25) is 5.91 Å². The van der Waals surface area contributed by atoms with Crippen LogP contribution in [0.2, 0.25) is 0 Å². The number of aromatic nitrogens is 2. The maximum Gasteiger partial charge on any atom is 0.335 e. The molecule has 0 bridgehead atoms. The number of benzene rings is 1. The van der Waals surface area contributed by atoms with Crippen molar-refractivity contribution in [2.75, 3.05) is 25.1 Å². The predicted molar refractivity (Wildman–Crippen MR) is 130 cm³/mol. The van der Waals surface area contributed by atoms with E-state index in [-0.39, 0.29) is 19.4 Å². The van der Waals surface area contributed by atoms with E-state index in [4.69, 9.17) is 13.8 Å². The molecule has 0 aliphatic carbocycles. The van der Waals surface area contributed by atoms with Gasteiger partial charge in [-0.05, 0) is 31.5 Å². The minimum atomic E-state index is -3.27. The van der Waals surface area contributed by atoms with Crippen LogP contribution in [0.25, 0.3) is 0 Å². The first-order chi connectivity index (χ1) is 17.6. The lowest BCUT2D eigenvalue weighted by Crippen LogP contribution is -2.45. The average molecular weight is 540 g/mol. The fraction of sp³-hybridized carbons (Fsp3) is 0.455. The normalized spacial score (nSPS) is 21.5. The quantitative estimate of drug-likeness (QED) is 0.235. The molecule has 1 saturated heterocycles. The van der Waals surface area contributed by atoms with Crippen LogP contribution in [0.15, 0.2) is 46.1 Å². The number of carbonyl (C=O) groups is 2. The smallest absolute Gasteiger partial charge is 0.335 e. The SMILES string of the molecule is CCOP(=O)(Cc1ccc(NC(=O)CNC(=O)[C@H]2O[C@@H](n3ccc(=O)[nH]c3=O)[C@@H](O)[C@H]2O)cc1)OCC. The highest BCUT2D eigenvalue weighted by Crippen LogP contribution is 2.51. The summed E-state index contributed by atoms with van der Waals surface area (Å²) in [6.45, 7) is 3.45. The molecule has 0 saturated carbocycles. The van der Waals surface area contributed by atoms with E-state index in [0.717, 1.165) is 16.8 Å². The molecule has 0 unspecified atom stereocenters. The summed E-state index contributed by atoms with van der Waals surface area (Å²) in [7, 11) is -3.27. The molecule has 15 heteroatoms. The van der Waals surface area contributed by atoms with Crippen molar-refractivity contribution in [1.82, 2.24) is 14.9 Å². The fourth-order valence-electron chi connectivity index (χ4n) is 3.65. The van der Waals surface area contributed by atoms with Crippen molar-refractivity contribution >= 4 is 25.1 Å². The number of anilines is 1. The highest BCUT2D eigenvalue weighted by atomic mass is 31.2. The van der Waals surface area contributed by atoms with Crippen LogP contribution in [0, 0.1) is 0 Å². The van der Waals surface area contributed by atoms with Crippen LogP contribution in [0.3, 0.4) is 0 Å². The maximum absolute atomic E-state index is 12.6. The number of carbonyl (C=O) groups excluding carboxylic acids is 2. The molecule has 2 amide bonds. The Morgan fingerprint density at radius 1 is 1.08 bits per heavy atom. The predicted octanol–water partition coefficient (Wildman–Crippen LogP) is -0.323. The highest BCUT2D eigenvalue weighted by Gasteiger charge is 2.47. The fourth-order valence-corrected chi connectivity index (χ4v) is 5.35. The van der Waals surface area contributed by atoms with Crippen molar-refractivity contribution in [3.63, 3.8) is 0 Å². The number of H-pyrrole nitrogens is 1. The number of nitrogens with zero attached hydrogens (tertiary/aromatic N) is 1. The van der Waals surface area contributed by atoms with Gasteiger partial charge >= 0.3 is 13.3 Å². The number of aromatic amines is 1. The van der Waals surface area contributed by atoms with Crippen molar-refractivity contribution in [1.29, 1.82) is 0 Å². The Balaban J connectivity index is 1.54. The standard InChI is InChI=1S/C22H29N4O10P/c1-3-34-37(33,35-4-2)12-13-5-7-14(8-6-13)24-16(28)11-23-20(31)19-17(29)18(30)21(36-19)26-10-9-15(27)25-22(26)32/h5-10,17-19,21,29-30H,3-4,11-12H2,1-2H3,(H,23,31)(H,24,28)(H,25,27,32)/t17-,18+,19+,21-/m1/s1. The van der Waals surface area contributed by atoms with Gasteiger partial charge in [-0.3, -0.25) is 28.5 Å². The molecule has 1 aliphatic heterocycles. The summed E-state index contributed by atoms with van der Waals surface area (Å²) in [5, 5.41) is 25.3. The third-order valence-electron chi connectivity index (χ3n) is 5.31. The van der Waals surface area contributed by atoms with Gasteiger partial charge in [-0.25, -0.2) is 4.79 Å². The van der Waals surface area contributed by atoms with E-state index < -0.39 is 61.7 Å². The molecule has 0 radical (unpaired) electrons. The van der Waals surface area contributed by atoms with Crippen molar-refractivity contribution < 1.29 is 38.2 Å². The monoisotopic (exact) mass is 540 g/mol. The van der Waals surface area contributed by atoms with E-state index in [9.17, 15) is 34.0 Å². The molecular weight excluding hydrogens is 511 g/mol. The summed E-state index contributed by atoms with van der Waals surface area (Å²) in [6, 6.07) is 7.50. The van der Waals surface area contributed by atoms with Gasteiger partial charge in [0.15, 0.2) is 12.3 Å². The van der Waals surface area contributed by atoms with Crippen LogP contribution in [0.4, 0.5) is 5.69 Å². The molecule has 37 heavy (non-hydrogen) atoms. The lowest BCUT2D eigenvalue weighted by molar-refractivity contribution is -0.138. The number of rotatable bonds is 11. The summed E-state index contributed by atoms with van der Waals surface area (Å²) in [5.41, 5.74) is -0.469. The molecule has 2 aromatic rings. The molecule has 1 aromatic heterocycles. The van der Waals surface area contributed by atoms with Crippen molar-refractivity contribution in [2.24, 2.45) is 0 Å². The third-order valence-corrected chi connectivity index (χ3v) is 7.37. The molecule has 4 atom stereocenters. The molecule has 5 N–H and O–H groups in total. The number of ether oxygens (including phenoxy) is 1. The van der Waals surface area contributed by atoms with E-state index in [1.807, 2.05) is 4.98 Å². The topological polar surface area (TPSA) is 198 Å². The molecule has 1 aliphatic rings. The molecule has 1 aromatic carbocycles. The van der Waals surface area contributed by atoms with Crippen LogP contribution >= 0.6 is 7.60 Å². The van der Waals surface area contributed by atoms with Gasteiger partial charge in [0.1, 0.15) is 12.2 Å². The Bertz CT molecular complexity index is 1250. The minimum absolute atomic E-state index is 0.0701. The molecular formula is C22H29N4O10P. The highest BCUT2D eigenvalue weighted by molar-refractivity contribution is 7.53. The van der Waals surface area contributed by atoms with Gasteiger partial charge in [0, 0.05) is 18.0 Å². The van der Waals surface area contributed by atoms with Crippen molar-refractivity contribution in [3.8, 4) is 0 Å². The van der Waals surface area contributed by atoms with Gasteiger partial charge in [-0.15, -0.1) is 0 Å². The third kappa shape index (κ3) is 7.22. The van der Waals surface area contributed by atoms with Crippen LogP contribution in [0.1, 0.15) is 25.6 Å². The van der Waals surface area contributed by atoms with Crippen LogP contribution in [-0.2, 0) is 34.1 Å². The zero-order chi connectivity index (χ0) is 27.2. The van der Waals surface area contributed by atoms with Crippen LogP contribution < -0.4 is 21.9 Å². The van der Waals surface area contributed by atoms with E-state index in [0.29, 0.717) is 11.3 Å². The number of nitrogens with one attached hydrogen (secondary N) is 3. The Kier molecular flexibility index (Phi) is 9.54.